The maximum absolute atomic E-state index is 12.5. The highest BCUT2D eigenvalue weighted by Gasteiger charge is 2.41. The molecule has 2 heterocycles. The van der Waals surface area contributed by atoms with Crippen LogP contribution < -0.4 is 10.6 Å². The van der Waals surface area contributed by atoms with Gasteiger partial charge in [-0.05, 0) is 48.6 Å². The van der Waals surface area contributed by atoms with Gasteiger partial charge >= 0.3 is 6.03 Å². The Kier molecular flexibility index (Phi) is 3.98. The number of carbonyl (C=O) groups excluding carboxylic acids is 3. The first-order chi connectivity index (χ1) is 12.1. The van der Waals surface area contributed by atoms with Crippen LogP contribution in [0.15, 0.2) is 24.3 Å². The van der Waals surface area contributed by atoms with Gasteiger partial charge in [0.2, 0.25) is 5.91 Å². The molecule has 0 saturated carbocycles. The van der Waals surface area contributed by atoms with E-state index in [-0.39, 0.29) is 17.2 Å². The van der Waals surface area contributed by atoms with Crippen LogP contribution in [0.5, 0.6) is 0 Å². The fourth-order valence-electron chi connectivity index (χ4n) is 4.56. The number of rotatable bonds is 3. The van der Waals surface area contributed by atoms with E-state index < -0.39 is 12.1 Å². The number of amides is 4. The average Bonchev–Trinajstić information content (AvgIpc) is 3.14. The molecule has 4 rings (SSSR count). The second kappa shape index (κ2) is 6.17. The van der Waals surface area contributed by atoms with E-state index in [1.54, 1.807) is 0 Å². The Morgan fingerprint density at radius 2 is 1.92 bits per heavy atom. The molecule has 1 spiro atoms. The molecule has 2 N–H and O–H groups in total. The van der Waals surface area contributed by atoms with Crippen molar-refractivity contribution < 1.29 is 14.4 Å². The van der Waals surface area contributed by atoms with E-state index in [9.17, 15) is 14.4 Å². The van der Waals surface area contributed by atoms with Gasteiger partial charge in [0.15, 0.2) is 0 Å². The van der Waals surface area contributed by atoms with Crippen LogP contribution in [0.2, 0.25) is 0 Å². The van der Waals surface area contributed by atoms with Crippen molar-refractivity contribution in [1.29, 1.82) is 0 Å². The van der Waals surface area contributed by atoms with E-state index in [4.69, 9.17) is 0 Å². The molecule has 25 heavy (non-hydrogen) atoms. The minimum atomic E-state index is -0.575. The molecule has 3 aliphatic rings. The predicted molar refractivity (Wildman–Crippen MR) is 92.0 cm³/mol. The van der Waals surface area contributed by atoms with E-state index >= 15 is 0 Å². The lowest BCUT2D eigenvalue weighted by Crippen LogP contribution is -2.44. The molecule has 2 fully saturated rings. The third-order valence-corrected chi connectivity index (χ3v) is 6.04. The zero-order chi connectivity index (χ0) is 17.4. The van der Waals surface area contributed by atoms with Crippen LogP contribution in [-0.4, -0.2) is 41.9 Å². The van der Waals surface area contributed by atoms with Gasteiger partial charge in [0, 0.05) is 19.5 Å². The largest absolute Gasteiger partial charge is 0.343 e. The summed E-state index contributed by atoms with van der Waals surface area (Å²) in [5, 5.41) is 4.74. The Hall–Kier alpha value is -2.37. The summed E-state index contributed by atoms with van der Waals surface area (Å²) in [7, 11) is 0. The maximum Gasteiger partial charge on any atom is 0.322 e. The van der Waals surface area contributed by atoms with Crippen LogP contribution in [0.1, 0.15) is 43.2 Å². The summed E-state index contributed by atoms with van der Waals surface area (Å²) in [6.07, 6.45) is 5.00. The number of fused-ring (bicyclic) bond motifs is 2. The van der Waals surface area contributed by atoms with E-state index in [0.29, 0.717) is 12.8 Å². The number of hydrogen-bond acceptors (Lipinski definition) is 3. The van der Waals surface area contributed by atoms with Gasteiger partial charge in [-0.2, -0.15) is 0 Å². The number of hydrogen-bond donors (Lipinski definition) is 2. The second-order valence-corrected chi connectivity index (χ2v) is 7.37. The lowest BCUT2D eigenvalue weighted by Gasteiger charge is -2.40. The number of imide groups is 1. The molecule has 0 bridgehead atoms. The van der Waals surface area contributed by atoms with E-state index in [1.165, 1.54) is 17.5 Å². The lowest BCUT2D eigenvalue weighted by atomic mass is 9.74. The quantitative estimate of drug-likeness (QED) is 0.818. The molecule has 2 aliphatic heterocycles. The smallest absolute Gasteiger partial charge is 0.322 e. The third-order valence-electron chi connectivity index (χ3n) is 6.04. The van der Waals surface area contributed by atoms with Crippen LogP contribution in [-0.2, 0) is 21.4 Å². The Balaban J connectivity index is 1.32. The SMILES string of the molecule is O=C1NC(=O)[C@@H](CCC(=O)N2CCC3(CCc4ccccc43)CC2)N1. The monoisotopic (exact) mass is 341 g/mol. The summed E-state index contributed by atoms with van der Waals surface area (Å²) < 4.78 is 0. The van der Waals surface area contributed by atoms with Crippen LogP contribution in [0.3, 0.4) is 0 Å². The molecule has 6 heteroatoms. The molecular weight excluding hydrogens is 318 g/mol. The molecule has 1 atom stereocenters. The van der Waals surface area contributed by atoms with Crippen molar-refractivity contribution in [3.8, 4) is 0 Å². The van der Waals surface area contributed by atoms with Crippen LogP contribution in [0, 0.1) is 0 Å². The number of nitrogens with zero attached hydrogens (tertiary/aromatic N) is 1. The predicted octanol–water partition coefficient (Wildman–Crippen LogP) is 1.48. The van der Waals surface area contributed by atoms with Crippen molar-refractivity contribution in [2.45, 2.75) is 50.0 Å². The zero-order valence-electron chi connectivity index (χ0n) is 14.2. The molecule has 132 valence electrons. The lowest BCUT2D eigenvalue weighted by molar-refractivity contribution is -0.133. The highest BCUT2D eigenvalue weighted by Crippen LogP contribution is 2.46. The maximum atomic E-state index is 12.5. The first-order valence-corrected chi connectivity index (χ1v) is 9.05. The standard InChI is InChI=1S/C19H23N3O3/c23-16(6-5-15-17(24)21-18(25)20-15)22-11-9-19(10-12-22)8-7-13-3-1-2-4-14(13)19/h1-4,15H,5-12H2,(H2,20,21,24,25)/t15-/m1/s1. The molecule has 2 saturated heterocycles. The summed E-state index contributed by atoms with van der Waals surface area (Å²) >= 11 is 0. The van der Waals surface area contributed by atoms with Gasteiger partial charge in [0.25, 0.3) is 5.91 Å². The summed E-state index contributed by atoms with van der Waals surface area (Å²) in [6, 6.07) is 7.65. The Labute approximate surface area is 147 Å². The number of likely N-dealkylation sites (tertiary alicyclic amines) is 1. The average molecular weight is 341 g/mol. The number of piperidine rings is 1. The van der Waals surface area contributed by atoms with E-state index in [2.05, 4.69) is 34.9 Å². The van der Waals surface area contributed by atoms with E-state index in [0.717, 1.165) is 32.4 Å². The fourth-order valence-corrected chi connectivity index (χ4v) is 4.56. The van der Waals surface area contributed by atoms with Crippen molar-refractivity contribution in [3.05, 3.63) is 35.4 Å². The minimum Gasteiger partial charge on any atom is -0.343 e. The summed E-state index contributed by atoms with van der Waals surface area (Å²) in [5.41, 5.74) is 3.19. The summed E-state index contributed by atoms with van der Waals surface area (Å²) in [5.74, 6) is -0.256. The number of urea groups is 1. The van der Waals surface area contributed by atoms with Gasteiger partial charge in [-0.15, -0.1) is 0 Å². The Morgan fingerprint density at radius 3 is 2.64 bits per heavy atom. The van der Waals surface area contributed by atoms with Crippen LogP contribution >= 0.6 is 0 Å². The van der Waals surface area contributed by atoms with Crippen molar-refractivity contribution >= 4 is 17.8 Å². The highest BCUT2D eigenvalue weighted by atomic mass is 16.2. The first kappa shape index (κ1) is 16.1. The molecular formula is C19H23N3O3. The molecule has 1 aromatic carbocycles. The molecule has 6 nitrogen and oxygen atoms in total. The second-order valence-electron chi connectivity index (χ2n) is 7.37. The topological polar surface area (TPSA) is 78.5 Å². The molecule has 4 amide bonds. The Morgan fingerprint density at radius 1 is 1.16 bits per heavy atom. The number of carbonyl (C=O) groups is 3. The van der Waals surface area contributed by atoms with Crippen molar-refractivity contribution in [1.82, 2.24) is 15.5 Å². The van der Waals surface area contributed by atoms with Gasteiger partial charge in [0.05, 0.1) is 0 Å². The zero-order valence-corrected chi connectivity index (χ0v) is 14.2. The van der Waals surface area contributed by atoms with Gasteiger partial charge in [-0.1, -0.05) is 24.3 Å². The first-order valence-electron chi connectivity index (χ1n) is 9.05. The summed E-state index contributed by atoms with van der Waals surface area (Å²) in [4.78, 5) is 37.0. The number of nitrogens with one attached hydrogen (secondary N) is 2. The Bertz CT molecular complexity index is 722. The van der Waals surface area contributed by atoms with Crippen LogP contribution in [0.25, 0.3) is 0 Å². The van der Waals surface area contributed by atoms with E-state index in [1.807, 2.05) is 4.90 Å². The molecule has 1 aromatic rings. The van der Waals surface area contributed by atoms with Crippen molar-refractivity contribution in [3.63, 3.8) is 0 Å². The van der Waals surface area contributed by atoms with Gasteiger partial charge in [-0.3, -0.25) is 14.9 Å². The molecule has 1 aliphatic carbocycles. The number of benzene rings is 1. The van der Waals surface area contributed by atoms with Crippen molar-refractivity contribution in [2.24, 2.45) is 0 Å². The number of aryl methyl sites for hydroxylation is 1. The fraction of sp³-hybridized carbons (Fsp3) is 0.526. The molecule has 0 radical (unpaired) electrons. The van der Waals surface area contributed by atoms with Crippen molar-refractivity contribution in [2.75, 3.05) is 13.1 Å². The highest BCUT2D eigenvalue weighted by molar-refractivity contribution is 6.04. The summed E-state index contributed by atoms with van der Waals surface area (Å²) in [6.45, 7) is 1.55. The van der Waals surface area contributed by atoms with Gasteiger partial charge in [-0.25, -0.2) is 4.79 Å². The molecule has 0 aromatic heterocycles. The third kappa shape index (κ3) is 2.90. The van der Waals surface area contributed by atoms with Crippen LogP contribution in [0.4, 0.5) is 4.79 Å². The minimum absolute atomic E-state index is 0.0788. The normalized spacial score (nSPS) is 24.2. The van der Waals surface area contributed by atoms with Gasteiger partial charge < -0.3 is 10.2 Å². The van der Waals surface area contributed by atoms with Gasteiger partial charge in [0.1, 0.15) is 6.04 Å². The molecule has 0 unspecified atom stereocenters.